The molecule has 1 aromatic heterocycles. The van der Waals surface area contributed by atoms with Crippen LogP contribution in [0.4, 0.5) is 5.69 Å². The monoisotopic (exact) mass is 275 g/mol. The van der Waals surface area contributed by atoms with E-state index in [9.17, 15) is 4.79 Å². The van der Waals surface area contributed by atoms with Crippen LogP contribution < -0.4 is 16.0 Å². The molecule has 92 valence electrons. The second-order valence-electron chi connectivity index (χ2n) is 3.66. The molecule has 1 aliphatic heterocycles. The number of rotatable bonds is 2. The number of halogens is 2. The average molecular weight is 276 g/mol. The summed E-state index contributed by atoms with van der Waals surface area (Å²) in [6.45, 7) is 1.82. The largest absolute Gasteiger partial charge is 0.368 e. The zero-order valence-corrected chi connectivity index (χ0v) is 10.4. The number of nitrogens with two attached hydrogens (primary N) is 1. The van der Waals surface area contributed by atoms with Crippen LogP contribution >= 0.6 is 23.2 Å². The number of carbonyl (C=O) groups excluding carboxylic acids is 1. The molecule has 2 rings (SSSR count). The quantitative estimate of drug-likeness (QED) is 0.797. The van der Waals surface area contributed by atoms with E-state index in [-0.39, 0.29) is 10.3 Å². The molecule has 0 bridgehead atoms. The van der Waals surface area contributed by atoms with Crippen molar-refractivity contribution >= 4 is 34.8 Å². The lowest BCUT2D eigenvalue weighted by atomic mass is 10.1. The number of nitrogens with zero attached hydrogens (tertiary/aromatic N) is 3. The lowest BCUT2D eigenvalue weighted by Gasteiger charge is -2.35. The Labute approximate surface area is 108 Å². The number of hydrogen-bond donors (Lipinski definition) is 2. The van der Waals surface area contributed by atoms with Crippen LogP contribution in [0.25, 0.3) is 0 Å². The molecule has 1 amide bonds. The maximum absolute atomic E-state index is 11.4. The van der Waals surface area contributed by atoms with Gasteiger partial charge < -0.3 is 16.0 Å². The molecule has 0 aromatic carbocycles. The van der Waals surface area contributed by atoms with Gasteiger partial charge in [-0.1, -0.05) is 23.2 Å². The highest BCUT2D eigenvalue weighted by atomic mass is 35.5. The van der Waals surface area contributed by atoms with Gasteiger partial charge in [-0.05, 0) is 0 Å². The van der Waals surface area contributed by atoms with Crippen molar-refractivity contribution < 1.29 is 4.79 Å². The van der Waals surface area contributed by atoms with Crippen LogP contribution in [-0.2, 0) is 4.79 Å². The summed E-state index contributed by atoms with van der Waals surface area (Å²) < 4.78 is 0. The van der Waals surface area contributed by atoms with Gasteiger partial charge in [0.15, 0.2) is 10.3 Å². The van der Waals surface area contributed by atoms with Crippen molar-refractivity contribution in [1.29, 1.82) is 0 Å². The second kappa shape index (κ2) is 5.03. The van der Waals surface area contributed by atoms with Gasteiger partial charge in [0.05, 0.1) is 5.69 Å². The van der Waals surface area contributed by atoms with Crippen LogP contribution in [0.15, 0.2) is 6.07 Å². The number of anilines is 1. The first-order valence-corrected chi connectivity index (χ1v) is 5.80. The summed E-state index contributed by atoms with van der Waals surface area (Å²) in [7, 11) is 0. The Morgan fingerprint density at radius 2 is 2.29 bits per heavy atom. The standard InChI is InChI=1S/C9H11Cl2N5O/c10-7-3-5(8(11)15-14-7)16-2-1-13-4-6(16)9(12)17/h3,6,13H,1-2,4H2,(H2,12,17). The van der Waals surface area contributed by atoms with E-state index in [1.54, 1.807) is 11.0 Å². The minimum absolute atomic E-state index is 0.211. The maximum atomic E-state index is 11.4. The number of carbonyl (C=O) groups is 1. The summed E-state index contributed by atoms with van der Waals surface area (Å²) in [6, 6.07) is 1.12. The van der Waals surface area contributed by atoms with E-state index < -0.39 is 11.9 Å². The number of piperazine rings is 1. The number of amides is 1. The lowest BCUT2D eigenvalue weighted by molar-refractivity contribution is -0.119. The van der Waals surface area contributed by atoms with E-state index in [0.717, 1.165) is 6.54 Å². The van der Waals surface area contributed by atoms with E-state index in [1.165, 1.54) is 0 Å². The molecule has 1 fully saturated rings. The molecule has 0 radical (unpaired) electrons. The predicted molar refractivity (Wildman–Crippen MR) is 65.3 cm³/mol. The van der Waals surface area contributed by atoms with Crippen LogP contribution in [0.5, 0.6) is 0 Å². The Bertz CT molecular complexity index is 441. The highest BCUT2D eigenvalue weighted by Gasteiger charge is 2.28. The zero-order chi connectivity index (χ0) is 12.4. The summed E-state index contributed by atoms with van der Waals surface area (Å²) in [5.41, 5.74) is 5.93. The van der Waals surface area contributed by atoms with E-state index in [1.807, 2.05) is 0 Å². The number of primary amides is 1. The van der Waals surface area contributed by atoms with Crippen LogP contribution in [0.2, 0.25) is 10.3 Å². The number of aromatic nitrogens is 2. The fraction of sp³-hybridized carbons (Fsp3) is 0.444. The molecule has 0 aliphatic carbocycles. The maximum Gasteiger partial charge on any atom is 0.241 e. The van der Waals surface area contributed by atoms with E-state index in [4.69, 9.17) is 28.9 Å². The number of nitrogens with one attached hydrogen (secondary N) is 1. The third kappa shape index (κ3) is 2.59. The summed E-state index contributed by atoms with van der Waals surface area (Å²) in [5, 5.41) is 10.9. The topological polar surface area (TPSA) is 84.1 Å². The Hall–Kier alpha value is -1.11. The molecule has 1 saturated heterocycles. The van der Waals surface area contributed by atoms with Gasteiger partial charge in [-0.2, -0.15) is 0 Å². The summed E-state index contributed by atoms with van der Waals surface area (Å²) >= 11 is 11.7. The SMILES string of the molecule is NC(=O)C1CNCCN1c1cc(Cl)nnc1Cl. The van der Waals surface area contributed by atoms with Gasteiger partial charge in [0.25, 0.3) is 0 Å². The van der Waals surface area contributed by atoms with Gasteiger partial charge >= 0.3 is 0 Å². The predicted octanol–water partition coefficient (Wildman–Crippen LogP) is 0.0469. The molecule has 8 heteroatoms. The van der Waals surface area contributed by atoms with Crippen LogP contribution in [-0.4, -0.2) is 41.8 Å². The smallest absolute Gasteiger partial charge is 0.241 e. The average Bonchev–Trinajstić information content (AvgIpc) is 2.32. The molecule has 1 unspecified atom stereocenters. The van der Waals surface area contributed by atoms with Crippen molar-refractivity contribution in [3.8, 4) is 0 Å². The highest BCUT2D eigenvalue weighted by molar-refractivity contribution is 6.33. The first-order valence-electron chi connectivity index (χ1n) is 5.05. The Morgan fingerprint density at radius 3 is 3.00 bits per heavy atom. The molecule has 0 saturated carbocycles. The zero-order valence-electron chi connectivity index (χ0n) is 8.86. The minimum Gasteiger partial charge on any atom is -0.368 e. The summed E-state index contributed by atoms with van der Waals surface area (Å²) in [6.07, 6.45) is 0. The van der Waals surface area contributed by atoms with Gasteiger partial charge in [-0.25, -0.2) is 0 Å². The molecule has 0 spiro atoms. The van der Waals surface area contributed by atoms with Crippen molar-refractivity contribution in [1.82, 2.24) is 15.5 Å². The molecule has 6 nitrogen and oxygen atoms in total. The third-order valence-corrected chi connectivity index (χ3v) is 3.04. The Morgan fingerprint density at radius 1 is 1.53 bits per heavy atom. The van der Waals surface area contributed by atoms with E-state index in [2.05, 4.69) is 15.5 Å². The van der Waals surface area contributed by atoms with Gasteiger partial charge in [-0.3, -0.25) is 4.79 Å². The van der Waals surface area contributed by atoms with Crippen molar-refractivity contribution in [2.45, 2.75) is 6.04 Å². The molecule has 17 heavy (non-hydrogen) atoms. The van der Waals surface area contributed by atoms with Crippen molar-refractivity contribution in [2.75, 3.05) is 24.5 Å². The van der Waals surface area contributed by atoms with Crippen LogP contribution in [0.1, 0.15) is 0 Å². The van der Waals surface area contributed by atoms with Crippen LogP contribution in [0.3, 0.4) is 0 Å². The summed E-state index contributed by atoms with van der Waals surface area (Å²) in [5.74, 6) is -0.416. The fourth-order valence-electron chi connectivity index (χ4n) is 1.79. The van der Waals surface area contributed by atoms with Crippen molar-refractivity contribution in [3.05, 3.63) is 16.4 Å². The van der Waals surface area contributed by atoms with Crippen molar-refractivity contribution in [2.24, 2.45) is 5.73 Å². The molecular formula is C9H11Cl2N5O. The third-order valence-electron chi connectivity index (χ3n) is 2.58. The first kappa shape index (κ1) is 12.3. The van der Waals surface area contributed by atoms with Crippen LogP contribution in [0, 0.1) is 0 Å². The summed E-state index contributed by atoms with van der Waals surface area (Å²) in [4.78, 5) is 13.2. The molecular weight excluding hydrogens is 265 g/mol. The fourth-order valence-corrected chi connectivity index (χ4v) is 2.13. The Balaban J connectivity index is 2.35. The number of hydrogen-bond acceptors (Lipinski definition) is 5. The first-order chi connectivity index (χ1) is 8.09. The second-order valence-corrected chi connectivity index (χ2v) is 4.40. The molecule has 3 N–H and O–H groups in total. The normalized spacial score (nSPS) is 20.4. The van der Waals surface area contributed by atoms with E-state index >= 15 is 0 Å². The molecule has 1 aromatic rings. The Kier molecular flexibility index (Phi) is 3.66. The molecule has 1 aliphatic rings. The molecule has 2 heterocycles. The van der Waals surface area contributed by atoms with E-state index in [0.29, 0.717) is 18.8 Å². The lowest BCUT2D eigenvalue weighted by Crippen LogP contribution is -2.57. The minimum atomic E-state index is -0.457. The van der Waals surface area contributed by atoms with Gasteiger partial charge in [0, 0.05) is 25.7 Å². The molecule has 1 atom stereocenters. The van der Waals surface area contributed by atoms with Crippen molar-refractivity contribution in [3.63, 3.8) is 0 Å². The van der Waals surface area contributed by atoms with Gasteiger partial charge in [-0.15, -0.1) is 10.2 Å². The highest BCUT2D eigenvalue weighted by Crippen LogP contribution is 2.27. The van der Waals surface area contributed by atoms with Gasteiger partial charge in [0.2, 0.25) is 5.91 Å². The van der Waals surface area contributed by atoms with Gasteiger partial charge in [0.1, 0.15) is 6.04 Å².